The first kappa shape index (κ1) is 27.7. The second-order valence-corrected chi connectivity index (χ2v) is 9.83. The number of nitrogens with zero attached hydrogens (tertiary/aromatic N) is 3. The molecule has 0 unspecified atom stereocenters. The van der Waals surface area contributed by atoms with Crippen molar-refractivity contribution in [2.45, 2.75) is 13.3 Å². The zero-order valence-electron chi connectivity index (χ0n) is 22.6. The number of thiazole rings is 1. The molecule has 4 rings (SSSR count). The molecule has 1 amide bonds. The van der Waals surface area contributed by atoms with Crippen LogP contribution in [-0.2, 0) is 9.53 Å². The quantitative estimate of drug-likeness (QED) is 0.330. The van der Waals surface area contributed by atoms with E-state index in [9.17, 15) is 4.79 Å². The van der Waals surface area contributed by atoms with Crippen LogP contribution in [0.4, 0.5) is 5.13 Å². The number of aryl methyl sites for hydroxylation is 1. The third kappa shape index (κ3) is 6.20. The van der Waals surface area contributed by atoms with Gasteiger partial charge in [-0.05, 0) is 48.7 Å². The van der Waals surface area contributed by atoms with Gasteiger partial charge in [-0.15, -0.1) is 0 Å². The average molecular weight is 542 g/mol. The first-order valence-electron chi connectivity index (χ1n) is 12.5. The van der Waals surface area contributed by atoms with Crippen LogP contribution in [0.3, 0.4) is 0 Å². The minimum absolute atomic E-state index is 0.156. The maximum absolute atomic E-state index is 13.6. The van der Waals surface area contributed by atoms with Gasteiger partial charge in [0.1, 0.15) is 11.3 Å². The minimum atomic E-state index is -0.156. The summed E-state index contributed by atoms with van der Waals surface area (Å²) in [7, 11) is 6.32. The predicted molar refractivity (Wildman–Crippen MR) is 150 cm³/mol. The number of rotatable bonds is 11. The number of fused-ring (bicyclic) bond motifs is 1. The molecule has 0 radical (unpaired) electrons. The topological polar surface area (TPSA) is 82.6 Å². The molecule has 204 valence electrons. The summed E-state index contributed by atoms with van der Waals surface area (Å²) < 4.78 is 28.3. The van der Waals surface area contributed by atoms with Gasteiger partial charge in [0.15, 0.2) is 16.6 Å². The zero-order valence-corrected chi connectivity index (χ0v) is 23.4. The molecule has 2 heterocycles. The molecular weight excluding hydrogens is 506 g/mol. The van der Waals surface area contributed by atoms with Gasteiger partial charge in [-0.2, -0.15) is 0 Å². The Kier molecular flexibility index (Phi) is 9.43. The number of carbonyl (C=O) groups excluding carboxylic acids is 1. The molecule has 1 aliphatic rings. The number of ether oxygens (including phenoxy) is 5. The molecule has 1 aromatic heterocycles. The largest absolute Gasteiger partial charge is 0.494 e. The second-order valence-electron chi connectivity index (χ2n) is 8.85. The van der Waals surface area contributed by atoms with Gasteiger partial charge in [-0.1, -0.05) is 17.4 Å². The fourth-order valence-corrected chi connectivity index (χ4v) is 5.49. The molecule has 3 aromatic rings. The maximum Gasteiger partial charge on any atom is 0.252 e. The van der Waals surface area contributed by atoms with Gasteiger partial charge in [0.25, 0.3) is 5.91 Å². The lowest BCUT2D eigenvalue weighted by atomic mass is 10.1. The number of carbonyl (C=O) groups is 1. The fraction of sp³-hybridized carbons (Fsp3) is 0.429. The van der Waals surface area contributed by atoms with Crippen molar-refractivity contribution in [2.75, 3.05) is 72.7 Å². The SMILES string of the molecule is COc1cc(/C=C/C(=O)N(CCCN2CCOCC2)c2nc3c(OC)ccc(C)c3s2)cc(OC)c1OC. The molecule has 0 atom stereocenters. The molecule has 1 fully saturated rings. The number of hydrogen-bond acceptors (Lipinski definition) is 9. The van der Waals surface area contributed by atoms with E-state index in [1.54, 1.807) is 57.6 Å². The van der Waals surface area contributed by atoms with E-state index in [1.807, 2.05) is 19.1 Å². The van der Waals surface area contributed by atoms with Crippen LogP contribution in [0.5, 0.6) is 23.0 Å². The van der Waals surface area contributed by atoms with Crippen molar-refractivity contribution in [2.24, 2.45) is 0 Å². The number of anilines is 1. The highest BCUT2D eigenvalue weighted by molar-refractivity contribution is 7.22. The Morgan fingerprint density at radius 3 is 2.37 bits per heavy atom. The molecule has 38 heavy (non-hydrogen) atoms. The van der Waals surface area contributed by atoms with E-state index in [2.05, 4.69) is 4.90 Å². The molecule has 0 spiro atoms. The highest BCUT2D eigenvalue weighted by atomic mass is 32.1. The molecular formula is C28H35N3O6S. The molecule has 0 saturated carbocycles. The summed E-state index contributed by atoms with van der Waals surface area (Å²) >= 11 is 1.50. The van der Waals surface area contributed by atoms with E-state index >= 15 is 0 Å². The van der Waals surface area contributed by atoms with Crippen LogP contribution < -0.4 is 23.8 Å². The van der Waals surface area contributed by atoms with Crippen molar-refractivity contribution in [1.82, 2.24) is 9.88 Å². The van der Waals surface area contributed by atoms with Gasteiger partial charge in [0.05, 0.1) is 46.4 Å². The van der Waals surface area contributed by atoms with Gasteiger partial charge in [0.2, 0.25) is 5.75 Å². The lowest BCUT2D eigenvalue weighted by Gasteiger charge is -2.27. The number of aromatic nitrogens is 1. The van der Waals surface area contributed by atoms with Crippen LogP contribution >= 0.6 is 11.3 Å². The molecule has 2 aromatic carbocycles. The van der Waals surface area contributed by atoms with Crippen molar-refractivity contribution in [3.8, 4) is 23.0 Å². The van der Waals surface area contributed by atoms with E-state index in [0.717, 1.165) is 60.6 Å². The van der Waals surface area contributed by atoms with Crippen LogP contribution in [0.1, 0.15) is 17.5 Å². The normalized spacial score (nSPS) is 14.1. The van der Waals surface area contributed by atoms with Crippen molar-refractivity contribution in [1.29, 1.82) is 0 Å². The Hall–Kier alpha value is -3.34. The summed E-state index contributed by atoms with van der Waals surface area (Å²) in [5.74, 6) is 2.09. The van der Waals surface area contributed by atoms with E-state index < -0.39 is 0 Å². The number of amides is 1. The first-order chi connectivity index (χ1) is 18.5. The first-order valence-corrected chi connectivity index (χ1v) is 13.3. The number of benzene rings is 2. The van der Waals surface area contributed by atoms with Crippen molar-refractivity contribution < 1.29 is 28.5 Å². The minimum Gasteiger partial charge on any atom is -0.494 e. The van der Waals surface area contributed by atoms with Gasteiger partial charge in [-0.3, -0.25) is 14.6 Å². The van der Waals surface area contributed by atoms with Crippen LogP contribution in [-0.4, -0.2) is 83.6 Å². The summed E-state index contributed by atoms with van der Waals surface area (Å²) in [6.45, 7) is 6.78. The highest BCUT2D eigenvalue weighted by Crippen LogP contribution is 2.39. The monoisotopic (exact) mass is 541 g/mol. The van der Waals surface area contributed by atoms with Crippen LogP contribution in [0.15, 0.2) is 30.3 Å². The molecule has 1 aliphatic heterocycles. The predicted octanol–water partition coefficient (Wildman–Crippen LogP) is 4.41. The summed E-state index contributed by atoms with van der Waals surface area (Å²) in [6, 6.07) is 7.54. The summed E-state index contributed by atoms with van der Waals surface area (Å²) in [5, 5.41) is 0.647. The molecule has 10 heteroatoms. The molecule has 1 saturated heterocycles. The number of methoxy groups -OCH3 is 4. The fourth-order valence-electron chi connectivity index (χ4n) is 4.41. The number of morpholine rings is 1. The zero-order chi connectivity index (χ0) is 27.1. The van der Waals surface area contributed by atoms with Crippen LogP contribution in [0.25, 0.3) is 16.3 Å². The van der Waals surface area contributed by atoms with Crippen molar-refractivity contribution in [3.63, 3.8) is 0 Å². The Labute approximate surface area is 227 Å². The molecule has 0 bridgehead atoms. The highest BCUT2D eigenvalue weighted by Gasteiger charge is 2.21. The lowest BCUT2D eigenvalue weighted by molar-refractivity contribution is -0.114. The Morgan fingerprint density at radius 1 is 1.05 bits per heavy atom. The van der Waals surface area contributed by atoms with E-state index in [1.165, 1.54) is 11.3 Å². The summed E-state index contributed by atoms with van der Waals surface area (Å²) in [4.78, 5) is 22.6. The van der Waals surface area contributed by atoms with Gasteiger partial charge < -0.3 is 23.7 Å². The van der Waals surface area contributed by atoms with E-state index in [4.69, 9.17) is 28.7 Å². The van der Waals surface area contributed by atoms with Gasteiger partial charge >= 0.3 is 0 Å². The average Bonchev–Trinajstić information content (AvgIpc) is 3.40. The third-order valence-corrected chi connectivity index (χ3v) is 7.69. The number of hydrogen-bond donors (Lipinski definition) is 0. The standard InChI is InChI=1S/C28H35N3O6S/c1-19-7-9-21(33-2)25-27(19)38-28(29-25)31(12-6-11-30-13-15-37-16-14-30)24(32)10-8-20-17-22(34-3)26(36-5)23(18-20)35-4/h7-10,17-18H,6,11-16H2,1-5H3/b10-8+. The Bertz CT molecular complexity index is 1260. The van der Waals surface area contributed by atoms with E-state index in [-0.39, 0.29) is 5.91 Å². The Morgan fingerprint density at radius 2 is 1.74 bits per heavy atom. The Balaban J connectivity index is 1.62. The van der Waals surface area contributed by atoms with Crippen molar-refractivity contribution in [3.05, 3.63) is 41.5 Å². The molecule has 0 N–H and O–H groups in total. The van der Waals surface area contributed by atoms with Crippen molar-refractivity contribution >= 4 is 38.7 Å². The molecule has 0 aliphatic carbocycles. The van der Waals surface area contributed by atoms with E-state index in [0.29, 0.717) is 34.7 Å². The van der Waals surface area contributed by atoms with Crippen LogP contribution in [0.2, 0.25) is 0 Å². The third-order valence-electron chi connectivity index (χ3n) is 6.47. The van der Waals surface area contributed by atoms with Crippen LogP contribution in [0, 0.1) is 6.92 Å². The molecule has 9 nitrogen and oxygen atoms in total. The van der Waals surface area contributed by atoms with Gasteiger partial charge in [-0.25, -0.2) is 4.98 Å². The summed E-state index contributed by atoms with van der Waals surface area (Å²) in [5.41, 5.74) is 2.62. The second kappa shape index (κ2) is 12.9. The maximum atomic E-state index is 13.6. The lowest BCUT2D eigenvalue weighted by Crippen LogP contribution is -2.39. The van der Waals surface area contributed by atoms with Gasteiger partial charge in [0, 0.05) is 32.3 Å². The summed E-state index contributed by atoms with van der Waals surface area (Å²) in [6.07, 6.45) is 4.13. The smallest absolute Gasteiger partial charge is 0.252 e.